The normalized spacial score (nSPS) is 8.45. The quantitative estimate of drug-likeness (QED) is 0.586. The molecular formula is C16H25NO5. The van der Waals surface area contributed by atoms with E-state index in [-0.39, 0.29) is 31.8 Å². The molecular weight excluding hydrogens is 286 g/mol. The van der Waals surface area contributed by atoms with Crippen LogP contribution in [0.5, 0.6) is 0 Å². The van der Waals surface area contributed by atoms with E-state index in [1.54, 1.807) is 0 Å². The number of carbonyl (C=O) groups is 2. The van der Waals surface area contributed by atoms with Crippen LogP contribution >= 0.6 is 0 Å². The van der Waals surface area contributed by atoms with E-state index in [0.29, 0.717) is 0 Å². The Balaban J connectivity index is 0. The van der Waals surface area contributed by atoms with Crippen LogP contribution in [0.1, 0.15) is 27.7 Å². The molecule has 0 radical (unpaired) electrons. The first-order chi connectivity index (χ1) is 10.5. The molecule has 0 aromatic heterocycles. The number of aliphatic hydroxyl groups is 1. The fraction of sp³-hybridized carbons (Fsp3) is 0.625. The second-order valence-corrected chi connectivity index (χ2v) is 3.89. The second-order valence-electron chi connectivity index (χ2n) is 3.89. The summed E-state index contributed by atoms with van der Waals surface area (Å²) in [4.78, 5) is 22.6. The van der Waals surface area contributed by atoms with Crippen molar-refractivity contribution >= 4 is 11.9 Å². The molecule has 1 N–H and O–H groups in total. The smallest absolute Gasteiger partial charge is 0.303 e. The molecule has 0 amide bonds. The fourth-order valence-electron chi connectivity index (χ4n) is 1.05. The summed E-state index contributed by atoms with van der Waals surface area (Å²) in [5.74, 6) is 9.72. The van der Waals surface area contributed by atoms with E-state index in [1.807, 2.05) is 0 Å². The van der Waals surface area contributed by atoms with E-state index in [0.717, 1.165) is 19.6 Å². The highest BCUT2D eigenvalue weighted by Gasteiger charge is 1.92. The Bertz CT molecular complexity index is 399. The average Bonchev–Trinajstić information content (AvgIpc) is 2.47. The third-order valence-electron chi connectivity index (χ3n) is 2.22. The number of aliphatic hydroxyl groups excluding tert-OH is 1. The molecule has 22 heavy (non-hydrogen) atoms. The number of ether oxygens (including phenoxy) is 2. The first-order valence-corrected chi connectivity index (χ1v) is 6.99. The molecule has 0 atom stereocenters. The minimum Gasteiger partial charge on any atom is -0.453 e. The SMILES string of the molecule is CC(=O)OCC#CCOC(C)=O.CCN(CC)CC#CCO. The maximum atomic E-state index is 10.2. The lowest BCUT2D eigenvalue weighted by atomic mass is 10.4. The third-order valence-corrected chi connectivity index (χ3v) is 2.22. The Hall–Kier alpha value is -2.02. The molecule has 0 rings (SSSR count). The van der Waals surface area contributed by atoms with Crippen molar-refractivity contribution < 1.29 is 24.2 Å². The van der Waals surface area contributed by atoms with Gasteiger partial charge in [-0.25, -0.2) is 0 Å². The summed E-state index contributed by atoms with van der Waals surface area (Å²) in [6.45, 7) is 9.67. The molecule has 0 saturated carbocycles. The zero-order chi connectivity index (χ0) is 17.2. The van der Waals surface area contributed by atoms with Crippen molar-refractivity contribution in [3.63, 3.8) is 0 Å². The van der Waals surface area contributed by atoms with Gasteiger partial charge in [0.1, 0.15) is 6.61 Å². The van der Waals surface area contributed by atoms with E-state index < -0.39 is 0 Å². The number of hydrogen-bond acceptors (Lipinski definition) is 6. The standard InChI is InChI=1S/C8H15NO.C8H10O4/c1-3-9(4-2)7-5-6-8-10;1-7(9)11-5-3-4-6-12-8(2)10/h10H,3-4,7-8H2,1-2H3;5-6H2,1-2H3. The number of nitrogens with zero attached hydrogens (tertiary/aromatic N) is 1. The van der Waals surface area contributed by atoms with E-state index in [9.17, 15) is 9.59 Å². The first-order valence-electron chi connectivity index (χ1n) is 6.99. The lowest BCUT2D eigenvalue weighted by Crippen LogP contribution is -2.22. The Labute approximate surface area is 132 Å². The molecule has 6 heteroatoms. The van der Waals surface area contributed by atoms with Gasteiger partial charge < -0.3 is 14.6 Å². The van der Waals surface area contributed by atoms with Crippen molar-refractivity contribution in [1.82, 2.24) is 4.90 Å². The maximum absolute atomic E-state index is 10.2. The maximum Gasteiger partial charge on any atom is 0.303 e. The van der Waals surface area contributed by atoms with Gasteiger partial charge in [-0.15, -0.1) is 0 Å². The summed E-state index contributed by atoms with van der Waals surface area (Å²) in [6, 6.07) is 0. The topological polar surface area (TPSA) is 76.1 Å². The molecule has 0 aliphatic carbocycles. The van der Waals surface area contributed by atoms with Crippen LogP contribution in [0, 0.1) is 23.7 Å². The molecule has 0 bridgehead atoms. The monoisotopic (exact) mass is 311 g/mol. The van der Waals surface area contributed by atoms with E-state index in [4.69, 9.17) is 5.11 Å². The van der Waals surface area contributed by atoms with Gasteiger partial charge in [0.2, 0.25) is 0 Å². The molecule has 124 valence electrons. The highest BCUT2D eigenvalue weighted by molar-refractivity contribution is 5.66. The second kappa shape index (κ2) is 17.0. The van der Waals surface area contributed by atoms with Crippen LogP contribution in [0.4, 0.5) is 0 Å². The molecule has 0 spiro atoms. The summed E-state index contributed by atoms with van der Waals surface area (Å²) in [5.41, 5.74) is 0. The predicted molar refractivity (Wildman–Crippen MR) is 83.7 cm³/mol. The van der Waals surface area contributed by atoms with E-state index >= 15 is 0 Å². The van der Waals surface area contributed by atoms with E-state index in [2.05, 4.69) is 51.9 Å². The van der Waals surface area contributed by atoms with Gasteiger partial charge in [0.25, 0.3) is 0 Å². The van der Waals surface area contributed by atoms with Crippen molar-refractivity contribution in [2.24, 2.45) is 0 Å². The zero-order valence-electron chi connectivity index (χ0n) is 13.8. The largest absolute Gasteiger partial charge is 0.453 e. The Morgan fingerprint density at radius 1 is 0.909 bits per heavy atom. The highest BCUT2D eigenvalue weighted by Crippen LogP contribution is 1.82. The minimum atomic E-state index is -0.378. The molecule has 0 heterocycles. The molecule has 6 nitrogen and oxygen atoms in total. The zero-order valence-corrected chi connectivity index (χ0v) is 13.8. The highest BCUT2D eigenvalue weighted by atomic mass is 16.5. The summed E-state index contributed by atoms with van der Waals surface area (Å²) < 4.78 is 8.99. The van der Waals surface area contributed by atoms with Gasteiger partial charge >= 0.3 is 11.9 Å². The van der Waals surface area contributed by atoms with Gasteiger partial charge in [-0.2, -0.15) is 0 Å². The molecule has 0 unspecified atom stereocenters. The van der Waals surface area contributed by atoms with Crippen LogP contribution in [-0.2, 0) is 19.1 Å². The van der Waals surface area contributed by atoms with Crippen LogP contribution < -0.4 is 0 Å². The molecule has 0 fully saturated rings. The molecule has 0 aromatic carbocycles. The van der Waals surface area contributed by atoms with Gasteiger partial charge in [-0.05, 0) is 13.1 Å². The Kier molecular flexibility index (Phi) is 17.2. The van der Waals surface area contributed by atoms with Crippen LogP contribution in [-0.4, -0.2) is 61.4 Å². The summed E-state index contributed by atoms with van der Waals surface area (Å²) in [7, 11) is 0. The van der Waals surface area contributed by atoms with Gasteiger partial charge in [0, 0.05) is 13.8 Å². The van der Waals surface area contributed by atoms with Gasteiger partial charge in [0.15, 0.2) is 13.2 Å². The van der Waals surface area contributed by atoms with Crippen molar-refractivity contribution in [2.45, 2.75) is 27.7 Å². The summed E-state index contributed by atoms with van der Waals surface area (Å²) in [5, 5.41) is 8.33. The van der Waals surface area contributed by atoms with Gasteiger partial charge in [-0.3, -0.25) is 14.5 Å². The van der Waals surface area contributed by atoms with Gasteiger partial charge in [0.05, 0.1) is 6.54 Å². The minimum absolute atomic E-state index is 0.0265. The van der Waals surface area contributed by atoms with E-state index in [1.165, 1.54) is 13.8 Å². The number of carbonyl (C=O) groups excluding carboxylic acids is 2. The van der Waals surface area contributed by atoms with Crippen LogP contribution in [0.15, 0.2) is 0 Å². The van der Waals surface area contributed by atoms with Crippen molar-refractivity contribution in [2.75, 3.05) is 39.5 Å². The Morgan fingerprint density at radius 3 is 1.68 bits per heavy atom. The van der Waals surface area contributed by atoms with Crippen molar-refractivity contribution in [3.05, 3.63) is 0 Å². The van der Waals surface area contributed by atoms with Crippen LogP contribution in [0.3, 0.4) is 0 Å². The van der Waals surface area contributed by atoms with Crippen LogP contribution in [0.25, 0.3) is 0 Å². The molecule has 0 aliphatic heterocycles. The molecule has 0 saturated heterocycles. The average molecular weight is 311 g/mol. The lowest BCUT2D eigenvalue weighted by Gasteiger charge is -2.12. The molecule has 0 aromatic rings. The lowest BCUT2D eigenvalue weighted by molar-refractivity contribution is -0.140. The first kappa shape index (κ1) is 22.3. The Morgan fingerprint density at radius 2 is 1.36 bits per heavy atom. The molecule has 0 aliphatic rings. The number of rotatable bonds is 5. The predicted octanol–water partition coefficient (Wildman–Crippen LogP) is 0.440. The van der Waals surface area contributed by atoms with Crippen molar-refractivity contribution in [3.8, 4) is 23.7 Å². The van der Waals surface area contributed by atoms with Crippen LogP contribution in [0.2, 0.25) is 0 Å². The van der Waals surface area contributed by atoms with Gasteiger partial charge in [-0.1, -0.05) is 37.5 Å². The summed E-state index contributed by atoms with van der Waals surface area (Å²) in [6.07, 6.45) is 0. The number of esters is 2. The fourth-order valence-corrected chi connectivity index (χ4v) is 1.05. The number of hydrogen-bond donors (Lipinski definition) is 1. The third kappa shape index (κ3) is 20.3. The van der Waals surface area contributed by atoms with Crippen molar-refractivity contribution in [1.29, 1.82) is 0 Å². The summed E-state index contributed by atoms with van der Waals surface area (Å²) >= 11 is 0.